The van der Waals surface area contributed by atoms with Gasteiger partial charge in [-0.15, -0.1) is 0 Å². The molecule has 0 N–H and O–H groups in total. The first-order valence-corrected chi connectivity index (χ1v) is 9.05. The number of likely N-dealkylation sites (tertiary alicyclic amines) is 1. The molecule has 1 atom stereocenters. The van der Waals surface area contributed by atoms with Gasteiger partial charge in [0.2, 0.25) is 5.91 Å². The van der Waals surface area contributed by atoms with Gasteiger partial charge >= 0.3 is 0 Å². The van der Waals surface area contributed by atoms with Crippen LogP contribution in [0.1, 0.15) is 25.3 Å². The topological polar surface area (TPSA) is 63.7 Å². The lowest BCUT2D eigenvalue weighted by Gasteiger charge is -2.21. The molecule has 1 aliphatic rings. The number of hydrogen-bond donors (Lipinski definition) is 0. The highest BCUT2D eigenvalue weighted by Crippen LogP contribution is 2.28. The summed E-state index contributed by atoms with van der Waals surface area (Å²) < 4.78 is 28.1. The standard InChI is InChI=1S/C14H18ClNO4S/c1-10-4-3-7-16(10)14(17)9-11-5-6-12(20-2)13(8-11)21(15,18)19/h5-6,8,10H,3-4,7,9H2,1-2H3. The zero-order chi connectivity index (χ0) is 15.6. The van der Waals surface area contributed by atoms with E-state index in [1.54, 1.807) is 6.07 Å². The Morgan fingerprint density at radius 3 is 2.71 bits per heavy atom. The van der Waals surface area contributed by atoms with Gasteiger partial charge in [0.25, 0.3) is 9.05 Å². The molecule has 116 valence electrons. The maximum absolute atomic E-state index is 12.3. The van der Waals surface area contributed by atoms with Crippen molar-refractivity contribution in [3.8, 4) is 5.75 Å². The minimum absolute atomic E-state index is 0.00286. The molecule has 21 heavy (non-hydrogen) atoms. The number of halogens is 1. The molecule has 7 heteroatoms. The molecule has 1 fully saturated rings. The zero-order valence-corrected chi connectivity index (χ0v) is 13.6. The van der Waals surface area contributed by atoms with E-state index in [4.69, 9.17) is 15.4 Å². The molecule has 0 bridgehead atoms. The van der Waals surface area contributed by atoms with Gasteiger partial charge in [-0.05, 0) is 37.5 Å². The summed E-state index contributed by atoms with van der Waals surface area (Å²) in [5, 5.41) is 0. The van der Waals surface area contributed by atoms with Gasteiger partial charge in [0.15, 0.2) is 0 Å². The zero-order valence-electron chi connectivity index (χ0n) is 12.0. The van der Waals surface area contributed by atoms with E-state index in [0.717, 1.165) is 19.4 Å². The summed E-state index contributed by atoms with van der Waals surface area (Å²) in [6.07, 6.45) is 2.18. The molecular formula is C14H18ClNO4S. The van der Waals surface area contributed by atoms with E-state index in [-0.39, 0.29) is 29.0 Å². The molecular weight excluding hydrogens is 314 g/mol. The number of benzene rings is 1. The number of ether oxygens (including phenoxy) is 1. The summed E-state index contributed by atoms with van der Waals surface area (Å²) in [4.78, 5) is 14.0. The highest BCUT2D eigenvalue weighted by molar-refractivity contribution is 8.13. The van der Waals surface area contributed by atoms with Crippen LogP contribution in [0.25, 0.3) is 0 Å². The lowest BCUT2D eigenvalue weighted by molar-refractivity contribution is -0.130. The van der Waals surface area contributed by atoms with Crippen LogP contribution in [0.5, 0.6) is 5.75 Å². The third-order valence-electron chi connectivity index (χ3n) is 3.72. The summed E-state index contributed by atoms with van der Waals surface area (Å²) >= 11 is 0. The molecule has 5 nitrogen and oxygen atoms in total. The van der Waals surface area contributed by atoms with Crippen molar-refractivity contribution < 1.29 is 17.9 Å². The number of carbonyl (C=O) groups is 1. The lowest BCUT2D eigenvalue weighted by atomic mass is 10.1. The fourth-order valence-corrected chi connectivity index (χ4v) is 3.65. The first-order chi connectivity index (χ1) is 9.82. The van der Waals surface area contributed by atoms with Crippen LogP contribution in [0.3, 0.4) is 0 Å². The van der Waals surface area contributed by atoms with Crippen molar-refractivity contribution in [3.05, 3.63) is 23.8 Å². The molecule has 2 rings (SSSR count). The quantitative estimate of drug-likeness (QED) is 0.793. The van der Waals surface area contributed by atoms with Gasteiger partial charge in [-0.3, -0.25) is 4.79 Å². The van der Waals surface area contributed by atoms with Crippen LogP contribution in [0.4, 0.5) is 0 Å². The fourth-order valence-electron chi connectivity index (χ4n) is 2.60. The summed E-state index contributed by atoms with van der Waals surface area (Å²) in [6.45, 7) is 2.78. The number of nitrogens with zero attached hydrogens (tertiary/aromatic N) is 1. The molecule has 1 aromatic rings. The number of rotatable bonds is 4. The molecule has 0 aromatic heterocycles. The second kappa shape index (κ2) is 6.23. The van der Waals surface area contributed by atoms with Crippen LogP contribution in [0, 0.1) is 0 Å². The van der Waals surface area contributed by atoms with Crippen molar-refractivity contribution in [2.24, 2.45) is 0 Å². The molecule has 0 spiro atoms. The summed E-state index contributed by atoms with van der Waals surface area (Å²) in [5.41, 5.74) is 0.610. The smallest absolute Gasteiger partial charge is 0.264 e. The van der Waals surface area contributed by atoms with Gasteiger partial charge < -0.3 is 9.64 Å². The van der Waals surface area contributed by atoms with E-state index in [1.165, 1.54) is 19.2 Å². The van der Waals surface area contributed by atoms with Gasteiger partial charge in [-0.2, -0.15) is 0 Å². The number of methoxy groups -OCH3 is 1. The number of amides is 1. The minimum Gasteiger partial charge on any atom is -0.495 e. The molecule has 1 aliphatic heterocycles. The van der Waals surface area contributed by atoms with Crippen LogP contribution >= 0.6 is 10.7 Å². The Labute approximate surface area is 129 Å². The maximum Gasteiger partial charge on any atom is 0.264 e. The van der Waals surface area contributed by atoms with E-state index >= 15 is 0 Å². The SMILES string of the molecule is COc1ccc(CC(=O)N2CCCC2C)cc1S(=O)(=O)Cl. The Morgan fingerprint density at radius 1 is 1.48 bits per heavy atom. The average molecular weight is 332 g/mol. The molecule has 1 heterocycles. The van der Waals surface area contributed by atoms with Crippen LogP contribution in [0.2, 0.25) is 0 Å². The molecule has 1 aromatic carbocycles. The first-order valence-electron chi connectivity index (χ1n) is 6.74. The van der Waals surface area contributed by atoms with E-state index in [9.17, 15) is 13.2 Å². The maximum atomic E-state index is 12.3. The van der Waals surface area contributed by atoms with Crippen molar-refractivity contribution >= 4 is 25.6 Å². The van der Waals surface area contributed by atoms with Gasteiger partial charge in [-0.1, -0.05) is 6.07 Å². The van der Waals surface area contributed by atoms with Crippen molar-refractivity contribution in [2.75, 3.05) is 13.7 Å². The third kappa shape index (κ3) is 3.68. The monoisotopic (exact) mass is 331 g/mol. The van der Waals surface area contributed by atoms with E-state index in [1.807, 2.05) is 11.8 Å². The number of carbonyl (C=O) groups excluding carboxylic acids is 1. The van der Waals surface area contributed by atoms with Crippen molar-refractivity contribution in [1.29, 1.82) is 0 Å². The summed E-state index contributed by atoms with van der Waals surface area (Å²) in [6, 6.07) is 4.85. The van der Waals surface area contributed by atoms with Gasteiger partial charge in [-0.25, -0.2) is 8.42 Å². The van der Waals surface area contributed by atoms with Crippen molar-refractivity contribution in [3.63, 3.8) is 0 Å². The van der Waals surface area contributed by atoms with Gasteiger partial charge in [0, 0.05) is 23.3 Å². The Bertz CT molecular complexity index is 644. The lowest BCUT2D eigenvalue weighted by Crippen LogP contribution is -2.34. The van der Waals surface area contributed by atoms with Crippen LogP contribution in [-0.4, -0.2) is 38.9 Å². The first kappa shape index (κ1) is 16.1. The third-order valence-corrected chi connectivity index (χ3v) is 5.06. The predicted octanol–water partition coefficient (Wildman–Crippen LogP) is 2.18. The van der Waals surface area contributed by atoms with E-state index in [2.05, 4.69) is 0 Å². The van der Waals surface area contributed by atoms with Crippen molar-refractivity contribution in [2.45, 2.75) is 37.1 Å². The van der Waals surface area contributed by atoms with Crippen molar-refractivity contribution in [1.82, 2.24) is 4.90 Å². The van der Waals surface area contributed by atoms with E-state index < -0.39 is 9.05 Å². The second-order valence-electron chi connectivity index (χ2n) is 5.18. The fraction of sp³-hybridized carbons (Fsp3) is 0.500. The molecule has 0 saturated carbocycles. The summed E-state index contributed by atoms with van der Waals surface area (Å²) in [5.74, 6) is 0.179. The second-order valence-corrected chi connectivity index (χ2v) is 7.71. The largest absolute Gasteiger partial charge is 0.495 e. The Hall–Kier alpha value is -1.27. The van der Waals surface area contributed by atoms with Gasteiger partial charge in [0.1, 0.15) is 10.6 Å². The normalized spacial score (nSPS) is 18.8. The van der Waals surface area contributed by atoms with Crippen LogP contribution in [0.15, 0.2) is 23.1 Å². The molecule has 1 saturated heterocycles. The van der Waals surface area contributed by atoms with Crippen LogP contribution < -0.4 is 4.74 Å². The van der Waals surface area contributed by atoms with Crippen LogP contribution in [-0.2, 0) is 20.3 Å². The minimum atomic E-state index is -3.91. The molecule has 0 aliphatic carbocycles. The Morgan fingerprint density at radius 2 is 2.19 bits per heavy atom. The predicted molar refractivity (Wildman–Crippen MR) is 80.1 cm³/mol. The molecule has 1 unspecified atom stereocenters. The summed E-state index contributed by atoms with van der Waals surface area (Å²) in [7, 11) is 2.86. The number of hydrogen-bond acceptors (Lipinski definition) is 4. The molecule has 0 radical (unpaired) electrons. The highest BCUT2D eigenvalue weighted by Gasteiger charge is 2.25. The Kier molecular flexibility index (Phi) is 4.78. The van der Waals surface area contributed by atoms with E-state index in [0.29, 0.717) is 5.56 Å². The molecule has 1 amide bonds. The van der Waals surface area contributed by atoms with Gasteiger partial charge in [0.05, 0.1) is 13.5 Å². The average Bonchev–Trinajstić information content (AvgIpc) is 2.84. The Balaban J connectivity index is 2.23. The highest BCUT2D eigenvalue weighted by atomic mass is 35.7.